The summed E-state index contributed by atoms with van der Waals surface area (Å²) in [6.45, 7) is 8.30. The van der Waals surface area contributed by atoms with Gasteiger partial charge < -0.3 is 9.69 Å². The summed E-state index contributed by atoms with van der Waals surface area (Å²) in [7, 11) is 0. The number of nitrogens with one attached hydrogen (secondary N) is 1. The molecule has 0 radical (unpaired) electrons. The van der Waals surface area contributed by atoms with E-state index in [0.717, 1.165) is 19.1 Å². The van der Waals surface area contributed by atoms with Crippen molar-refractivity contribution in [3.8, 4) is 0 Å². The van der Waals surface area contributed by atoms with Gasteiger partial charge in [-0.15, -0.1) is 0 Å². The number of carbonyl (C=O) groups is 3. The van der Waals surface area contributed by atoms with E-state index < -0.39 is 5.41 Å². The Labute approximate surface area is 114 Å². The summed E-state index contributed by atoms with van der Waals surface area (Å²) in [5.74, 6) is 0.182. The van der Waals surface area contributed by atoms with Gasteiger partial charge in [0.05, 0.1) is 5.41 Å². The van der Waals surface area contributed by atoms with Crippen LogP contribution in [0.3, 0.4) is 0 Å². The van der Waals surface area contributed by atoms with Crippen molar-refractivity contribution in [2.45, 2.75) is 53.0 Å². The first-order chi connectivity index (χ1) is 8.80. The molecule has 5 heteroatoms. The summed E-state index contributed by atoms with van der Waals surface area (Å²) in [6.07, 6.45) is 3.17. The van der Waals surface area contributed by atoms with E-state index in [1.165, 1.54) is 0 Å². The molecule has 0 spiro atoms. The summed E-state index contributed by atoms with van der Waals surface area (Å²) in [4.78, 5) is 35.7. The molecule has 19 heavy (non-hydrogen) atoms. The normalized spacial score (nSPS) is 24.0. The standard InChI is InChI=1S/C14H24N2O3/c1-10(6-5-9-17)7-8-16-11(2)14(3,4)12(18)15-13(16)19/h9-11H,5-8H2,1-4H3,(H,15,18,19). The Morgan fingerprint density at radius 2 is 2.00 bits per heavy atom. The molecule has 1 heterocycles. The number of amides is 3. The number of hydrogen-bond donors (Lipinski definition) is 1. The van der Waals surface area contributed by atoms with E-state index in [2.05, 4.69) is 12.2 Å². The highest BCUT2D eigenvalue weighted by Gasteiger charge is 2.44. The second-order valence-electron chi connectivity index (χ2n) is 5.99. The number of nitrogens with zero attached hydrogens (tertiary/aromatic N) is 1. The molecule has 3 amide bonds. The number of hydrogen-bond acceptors (Lipinski definition) is 3. The van der Waals surface area contributed by atoms with E-state index in [4.69, 9.17) is 0 Å². The first kappa shape index (κ1) is 15.7. The van der Waals surface area contributed by atoms with Crippen molar-refractivity contribution in [2.24, 2.45) is 11.3 Å². The Morgan fingerprint density at radius 3 is 2.58 bits per heavy atom. The second kappa shape index (κ2) is 6.17. The molecule has 1 aliphatic rings. The first-order valence-corrected chi connectivity index (χ1v) is 6.86. The third-order valence-corrected chi connectivity index (χ3v) is 4.22. The number of urea groups is 1. The lowest BCUT2D eigenvalue weighted by Gasteiger charge is -2.43. The summed E-state index contributed by atoms with van der Waals surface area (Å²) >= 11 is 0. The maximum Gasteiger partial charge on any atom is 0.324 e. The van der Waals surface area contributed by atoms with Crippen LogP contribution >= 0.6 is 0 Å². The van der Waals surface area contributed by atoms with Gasteiger partial charge >= 0.3 is 6.03 Å². The molecule has 1 aliphatic heterocycles. The summed E-state index contributed by atoms with van der Waals surface area (Å²) in [6, 6.07) is -0.425. The van der Waals surface area contributed by atoms with E-state index in [1.54, 1.807) is 4.90 Å². The molecule has 0 saturated carbocycles. The van der Waals surface area contributed by atoms with Gasteiger partial charge in [0.2, 0.25) is 5.91 Å². The van der Waals surface area contributed by atoms with Crippen molar-refractivity contribution in [1.82, 2.24) is 10.2 Å². The van der Waals surface area contributed by atoms with Gasteiger partial charge in [-0.2, -0.15) is 0 Å². The van der Waals surface area contributed by atoms with Crippen LogP contribution in [0.1, 0.15) is 47.0 Å². The number of rotatable bonds is 6. The average molecular weight is 268 g/mol. The van der Waals surface area contributed by atoms with Crippen molar-refractivity contribution in [3.05, 3.63) is 0 Å². The van der Waals surface area contributed by atoms with Crippen LogP contribution in [0.25, 0.3) is 0 Å². The highest BCUT2D eigenvalue weighted by Crippen LogP contribution is 2.29. The lowest BCUT2D eigenvalue weighted by molar-refractivity contribution is -0.133. The molecule has 0 aromatic rings. The third kappa shape index (κ3) is 3.55. The molecule has 0 aliphatic carbocycles. The molecule has 2 atom stereocenters. The molecule has 2 unspecified atom stereocenters. The summed E-state index contributed by atoms with van der Waals surface area (Å²) in [5.41, 5.74) is -0.569. The van der Waals surface area contributed by atoms with Crippen molar-refractivity contribution < 1.29 is 14.4 Å². The van der Waals surface area contributed by atoms with Gasteiger partial charge in [0.15, 0.2) is 0 Å². The fourth-order valence-corrected chi connectivity index (χ4v) is 2.24. The van der Waals surface area contributed by atoms with Crippen LogP contribution < -0.4 is 5.32 Å². The Kier molecular flexibility index (Phi) is 5.09. The van der Waals surface area contributed by atoms with E-state index in [1.807, 2.05) is 20.8 Å². The predicted molar refractivity (Wildman–Crippen MR) is 72.6 cm³/mol. The van der Waals surface area contributed by atoms with Crippen LogP contribution in [0.2, 0.25) is 0 Å². The van der Waals surface area contributed by atoms with Crippen molar-refractivity contribution in [1.29, 1.82) is 0 Å². The molecule has 5 nitrogen and oxygen atoms in total. The molecule has 0 aromatic carbocycles. The Hall–Kier alpha value is -1.39. The van der Waals surface area contributed by atoms with Crippen molar-refractivity contribution in [2.75, 3.05) is 6.54 Å². The predicted octanol–water partition coefficient (Wildman–Crippen LogP) is 1.96. The van der Waals surface area contributed by atoms with E-state index >= 15 is 0 Å². The molecular formula is C14H24N2O3. The third-order valence-electron chi connectivity index (χ3n) is 4.22. The SMILES string of the molecule is CC(CCC=O)CCN1C(=O)NC(=O)C(C)(C)C1C. The van der Waals surface area contributed by atoms with E-state index in [9.17, 15) is 14.4 Å². The Balaban J connectivity index is 2.59. The van der Waals surface area contributed by atoms with Gasteiger partial charge in [-0.05, 0) is 39.5 Å². The number of carbonyl (C=O) groups excluding carboxylic acids is 3. The average Bonchev–Trinajstić information content (AvgIpc) is 2.34. The van der Waals surface area contributed by atoms with Crippen LogP contribution in [0.4, 0.5) is 4.79 Å². The smallest absolute Gasteiger partial charge is 0.321 e. The Bertz CT molecular complexity index is 366. The van der Waals surface area contributed by atoms with Crippen LogP contribution in [-0.4, -0.2) is 35.7 Å². The molecule has 0 aromatic heterocycles. The van der Waals surface area contributed by atoms with Gasteiger partial charge in [0, 0.05) is 19.0 Å². The maximum atomic E-state index is 11.9. The molecule has 0 bridgehead atoms. The monoisotopic (exact) mass is 268 g/mol. The molecule has 1 saturated heterocycles. The topological polar surface area (TPSA) is 66.5 Å². The second-order valence-corrected chi connectivity index (χ2v) is 5.99. The van der Waals surface area contributed by atoms with Crippen LogP contribution in [-0.2, 0) is 9.59 Å². The quantitative estimate of drug-likeness (QED) is 0.749. The fraction of sp³-hybridized carbons (Fsp3) is 0.786. The van der Waals surface area contributed by atoms with Crippen LogP contribution in [0.5, 0.6) is 0 Å². The Morgan fingerprint density at radius 1 is 1.37 bits per heavy atom. The highest BCUT2D eigenvalue weighted by atomic mass is 16.2. The maximum absolute atomic E-state index is 11.9. The largest absolute Gasteiger partial charge is 0.324 e. The minimum absolute atomic E-state index is 0.118. The van der Waals surface area contributed by atoms with Gasteiger partial charge in [0.25, 0.3) is 0 Å². The zero-order chi connectivity index (χ0) is 14.6. The van der Waals surface area contributed by atoms with Gasteiger partial charge in [-0.25, -0.2) is 4.79 Å². The van der Waals surface area contributed by atoms with E-state index in [-0.39, 0.29) is 18.0 Å². The van der Waals surface area contributed by atoms with E-state index in [0.29, 0.717) is 18.9 Å². The van der Waals surface area contributed by atoms with Gasteiger partial charge in [-0.3, -0.25) is 10.1 Å². The van der Waals surface area contributed by atoms with Crippen LogP contribution in [0, 0.1) is 11.3 Å². The zero-order valence-corrected chi connectivity index (χ0v) is 12.2. The fourth-order valence-electron chi connectivity index (χ4n) is 2.24. The van der Waals surface area contributed by atoms with Crippen LogP contribution in [0.15, 0.2) is 0 Å². The number of aldehydes is 1. The lowest BCUT2D eigenvalue weighted by Crippen LogP contribution is -2.63. The minimum Gasteiger partial charge on any atom is -0.321 e. The molecule has 1 fully saturated rings. The summed E-state index contributed by atoms with van der Waals surface area (Å²) < 4.78 is 0. The van der Waals surface area contributed by atoms with Gasteiger partial charge in [0.1, 0.15) is 6.29 Å². The molecule has 108 valence electrons. The van der Waals surface area contributed by atoms with Crippen molar-refractivity contribution in [3.63, 3.8) is 0 Å². The highest BCUT2D eigenvalue weighted by molar-refractivity contribution is 6.00. The number of imide groups is 1. The minimum atomic E-state index is -0.569. The molecular weight excluding hydrogens is 244 g/mol. The molecule has 1 N–H and O–H groups in total. The zero-order valence-electron chi connectivity index (χ0n) is 12.2. The van der Waals surface area contributed by atoms with Gasteiger partial charge in [-0.1, -0.05) is 6.92 Å². The lowest BCUT2D eigenvalue weighted by atomic mass is 9.81. The first-order valence-electron chi connectivity index (χ1n) is 6.86. The molecule has 1 rings (SSSR count). The summed E-state index contributed by atoms with van der Waals surface area (Å²) in [5, 5.41) is 2.41. The van der Waals surface area contributed by atoms with Crippen molar-refractivity contribution >= 4 is 18.2 Å².